The first-order valence-electron chi connectivity index (χ1n) is 4.90. The molecule has 0 fully saturated rings. The van der Waals surface area contributed by atoms with E-state index in [0.29, 0.717) is 6.07 Å². The van der Waals surface area contributed by atoms with Gasteiger partial charge < -0.3 is 4.74 Å². The number of carbonyl (C=O) groups is 1. The molecular formula is C11H9F5O2. The molecule has 7 heteroatoms. The number of alkyl halides is 3. The molecule has 0 atom stereocenters. The van der Waals surface area contributed by atoms with Gasteiger partial charge in [-0.3, -0.25) is 4.79 Å². The first-order valence-corrected chi connectivity index (χ1v) is 4.90. The van der Waals surface area contributed by atoms with Gasteiger partial charge in [0.25, 0.3) is 5.78 Å². The summed E-state index contributed by atoms with van der Waals surface area (Å²) in [4.78, 5) is 10.8. The lowest BCUT2D eigenvalue weighted by Crippen LogP contribution is -2.24. The van der Waals surface area contributed by atoms with Crippen molar-refractivity contribution in [2.45, 2.75) is 26.1 Å². The van der Waals surface area contributed by atoms with E-state index in [0.717, 1.165) is 6.07 Å². The van der Waals surface area contributed by atoms with Crippen molar-refractivity contribution in [3.8, 4) is 5.75 Å². The molecule has 0 heterocycles. The van der Waals surface area contributed by atoms with Gasteiger partial charge in [0.15, 0.2) is 11.6 Å². The molecule has 1 rings (SSSR count). The Morgan fingerprint density at radius 2 is 1.72 bits per heavy atom. The second-order valence-corrected chi connectivity index (χ2v) is 3.73. The average molecular weight is 268 g/mol. The smallest absolute Gasteiger partial charge is 0.454 e. The van der Waals surface area contributed by atoms with Crippen LogP contribution in [-0.2, 0) is 0 Å². The third-order valence-electron chi connectivity index (χ3n) is 1.91. The van der Waals surface area contributed by atoms with Crippen molar-refractivity contribution in [1.82, 2.24) is 0 Å². The van der Waals surface area contributed by atoms with Gasteiger partial charge in [-0.15, -0.1) is 0 Å². The van der Waals surface area contributed by atoms with Crippen molar-refractivity contribution in [3.05, 3.63) is 29.3 Å². The summed E-state index contributed by atoms with van der Waals surface area (Å²) in [5.41, 5.74) is -1.36. The van der Waals surface area contributed by atoms with Crippen molar-refractivity contribution < 1.29 is 31.5 Å². The molecule has 2 nitrogen and oxygen atoms in total. The van der Waals surface area contributed by atoms with E-state index >= 15 is 0 Å². The fraction of sp³-hybridized carbons (Fsp3) is 0.364. The van der Waals surface area contributed by atoms with Crippen LogP contribution in [0.5, 0.6) is 5.75 Å². The lowest BCUT2D eigenvalue weighted by molar-refractivity contribution is -0.0888. The maximum absolute atomic E-state index is 13.4. The summed E-state index contributed by atoms with van der Waals surface area (Å²) in [6, 6.07) is 1.34. The fourth-order valence-corrected chi connectivity index (χ4v) is 1.20. The van der Waals surface area contributed by atoms with E-state index in [-0.39, 0.29) is 0 Å². The highest BCUT2D eigenvalue weighted by atomic mass is 19.4. The maximum Gasteiger partial charge on any atom is 0.454 e. The molecule has 100 valence electrons. The zero-order valence-electron chi connectivity index (χ0n) is 9.44. The van der Waals surface area contributed by atoms with Crippen LogP contribution in [0.15, 0.2) is 12.1 Å². The topological polar surface area (TPSA) is 26.3 Å². The number of ketones is 1. The van der Waals surface area contributed by atoms with Gasteiger partial charge in [-0.2, -0.15) is 17.6 Å². The minimum Gasteiger partial charge on any atom is -0.488 e. The summed E-state index contributed by atoms with van der Waals surface area (Å²) in [6.07, 6.45) is -5.74. The predicted molar refractivity (Wildman–Crippen MR) is 52.5 cm³/mol. The predicted octanol–water partition coefficient (Wildman–Crippen LogP) is 3.50. The Balaban J connectivity index is 3.20. The largest absolute Gasteiger partial charge is 0.488 e. The van der Waals surface area contributed by atoms with Crippen LogP contribution in [0, 0.1) is 11.6 Å². The van der Waals surface area contributed by atoms with Gasteiger partial charge in [0, 0.05) is 0 Å². The third-order valence-corrected chi connectivity index (χ3v) is 1.91. The second kappa shape index (κ2) is 4.91. The zero-order chi connectivity index (χ0) is 14.1. The molecule has 0 spiro atoms. The van der Waals surface area contributed by atoms with E-state index in [1.165, 1.54) is 13.8 Å². The fourth-order valence-electron chi connectivity index (χ4n) is 1.20. The monoisotopic (exact) mass is 268 g/mol. The number of hydrogen-bond donors (Lipinski definition) is 0. The van der Waals surface area contributed by atoms with Gasteiger partial charge in [0.2, 0.25) is 5.82 Å². The van der Waals surface area contributed by atoms with Crippen molar-refractivity contribution in [1.29, 1.82) is 0 Å². The summed E-state index contributed by atoms with van der Waals surface area (Å²) in [7, 11) is 0. The normalized spacial score (nSPS) is 11.8. The van der Waals surface area contributed by atoms with E-state index in [1.807, 2.05) is 0 Å². The molecule has 0 bridgehead atoms. The molecule has 1 aromatic rings. The number of halogens is 5. The number of ether oxygens (including phenoxy) is 1. The highest BCUT2D eigenvalue weighted by Gasteiger charge is 2.41. The van der Waals surface area contributed by atoms with Gasteiger partial charge in [-0.05, 0) is 26.0 Å². The molecule has 0 N–H and O–H groups in total. The summed E-state index contributed by atoms with van der Waals surface area (Å²) in [5.74, 6) is -6.45. The quantitative estimate of drug-likeness (QED) is 0.619. The highest BCUT2D eigenvalue weighted by molar-refractivity contribution is 6.00. The van der Waals surface area contributed by atoms with Crippen LogP contribution in [0.25, 0.3) is 0 Å². The van der Waals surface area contributed by atoms with E-state index in [1.54, 1.807) is 0 Å². The minimum atomic E-state index is -5.26. The SMILES string of the molecule is CC(C)Oc1ccc(C(=O)C(F)(F)F)c(F)c1F. The highest BCUT2D eigenvalue weighted by Crippen LogP contribution is 2.28. The molecule has 18 heavy (non-hydrogen) atoms. The van der Waals surface area contributed by atoms with Gasteiger partial charge >= 0.3 is 6.18 Å². The first-order chi connectivity index (χ1) is 8.14. The summed E-state index contributed by atoms with van der Waals surface area (Å²) in [5, 5.41) is 0. The molecule has 0 aromatic heterocycles. The molecule has 0 saturated carbocycles. The molecule has 0 unspecified atom stereocenters. The average Bonchev–Trinajstić information content (AvgIpc) is 2.22. The molecule has 0 aliphatic rings. The van der Waals surface area contributed by atoms with Gasteiger partial charge in [-0.25, -0.2) is 4.39 Å². The third kappa shape index (κ3) is 2.96. The van der Waals surface area contributed by atoms with Crippen LogP contribution >= 0.6 is 0 Å². The van der Waals surface area contributed by atoms with E-state index in [2.05, 4.69) is 0 Å². The second-order valence-electron chi connectivity index (χ2n) is 3.73. The van der Waals surface area contributed by atoms with Crippen LogP contribution < -0.4 is 4.74 Å². The first kappa shape index (κ1) is 14.4. The molecular weight excluding hydrogens is 259 g/mol. The Kier molecular flexibility index (Phi) is 3.93. The van der Waals surface area contributed by atoms with Crippen molar-refractivity contribution in [2.24, 2.45) is 0 Å². The number of benzene rings is 1. The van der Waals surface area contributed by atoms with Crippen LogP contribution in [0.1, 0.15) is 24.2 Å². The number of carbonyl (C=O) groups excluding carboxylic acids is 1. The minimum absolute atomic E-state index is 0.483. The number of hydrogen-bond acceptors (Lipinski definition) is 2. The Hall–Kier alpha value is -1.66. The van der Waals surface area contributed by atoms with E-state index in [9.17, 15) is 26.7 Å². The number of rotatable bonds is 3. The Morgan fingerprint density at radius 1 is 1.17 bits per heavy atom. The number of Topliss-reactive ketones (excluding diaryl/α,β-unsaturated/α-hetero) is 1. The lowest BCUT2D eigenvalue weighted by atomic mass is 10.1. The standard InChI is InChI=1S/C11H9F5O2/c1-5(2)18-7-4-3-6(8(12)9(7)13)10(17)11(14,15)16/h3-5H,1-2H3. The van der Waals surface area contributed by atoms with Gasteiger partial charge in [-0.1, -0.05) is 0 Å². The molecule has 0 saturated heterocycles. The molecule has 0 radical (unpaired) electrons. The van der Waals surface area contributed by atoms with Crippen molar-refractivity contribution in [2.75, 3.05) is 0 Å². The molecule has 0 aliphatic carbocycles. The van der Waals surface area contributed by atoms with E-state index < -0.39 is 41.0 Å². The zero-order valence-corrected chi connectivity index (χ0v) is 9.44. The van der Waals surface area contributed by atoms with E-state index in [4.69, 9.17) is 4.74 Å². The van der Waals surface area contributed by atoms with Crippen molar-refractivity contribution in [3.63, 3.8) is 0 Å². The van der Waals surface area contributed by atoms with Gasteiger partial charge in [0.1, 0.15) is 0 Å². The van der Waals surface area contributed by atoms with Crippen LogP contribution in [0.4, 0.5) is 22.0 Å². The Bertz CT molecular complexity index is 465. The Labute approximate surface area is 99.4 Å². The van der Waals surface area contributed by atoms with Crippen LogP contribution in [0.3, 0.4) is 0 Å². The molecule has 0 aliphatic heterocycles. The summed E-state index contributed by atoms with van der Waals surface area (Å²) >= 11 is 0. The maximum atomic E-state index is 13.4. The summed E-state index contributed by atoms with van der Waals surface area (Å²) < 4.78 is 67.8. The van der Waals surface area contributed by atoms with Gasteiger partial charge in [0.05, 0.1) is 11.7 Å². The van der Waals surface area contributed by atoms with Crippen LogP contribution in [-0.4, -0.2) is 18.1 Å². The summed E-state index contributed by atoms with van der Waals surface area (Å²) in [6.45, 7) is 3.07. The Morgan fingerprint density at radius 3 is 2.17 bits per heavy atom. The molecule has 1 aromatic carbocycles. The van der Waals surface area contributed by atoms with Crippen molar-refractivity contribution >= 4 is 5.78 Å². The lowest BCUT2D eigenvalue weighted by Gasteiger charge is -2.12. The van der Waals surface area contributed by atoms with Crippen LogP contribution in [0.2, 0.25) is 0 Å². The molecule has 0 amide bonds.